The fourth-order valence-corrected chi connectivity index (χ4v) is 2.95. The second-order valence-corrected chi connectivity index (χ2v) is 6.18. The zero-order valence-electron chi connectivity index (χ0n) is 15.0. The first-order valence-corrected chi connectivity index (χ1v) is 8.55. The van der Waals surface area contributed by atoms with E-state index >= 15 is 0 Å². The van der Waals surface area contributed by atoms with E-state index in [2.05, 4.69) is 9.97 Å². The smallest absolute Gasteiger partial charge is 0.337 e. The van der Waals surface area contributed by atoms with Gasteiger partial charge < -0.3 is 4.90 Å². The molecule has 0 atom stereocenters. The molecule has 0 spiro atoms. The van der Waals surface area contributed by atoms with Gasteiger partial charge >= 0.3 is 6.18 Å². The number of hydrogen-bond acceptors (Lipinski definition) is 3. The summed E-state index contributed by atoms with van der Waals surface area (Å²) < 4.78 is 40.4. The first kappa shape index (κ1) is 18.9. The quantitative estimate of drug-likeness (QED) is 0.681. The van der Waals surface area contributed by atoms with Crippen molar-refractivity contribution in [3.8, 4) is 0 Å². The summed E-state index contributed by atoms with van der Waals surface area (Å²) in [5.41, 5.74) is 1.09. The van der Waals surface area contributed by atoms with Crippen molar-refractivity contribution in [1.82, 2.24) is 19.3 Å². The second kappa shape index (κ2) is 7.38. The summed E-state index contributed by atoms with van der Waals surface area (Å²) >= 11 is 0. The summed E-state index contributed by atoms with van der Waals surface area (Å²) in [5.74, 6) is -0.337. The normalized spacial score (nSPS) is 11.7. The first-order valence-electron chi connectivity index (χ1n) is 8.55. The number of hydrogen-bond donors (Lipinski definition) is 0. The van der Waals surface area contributed by atoms with Crippen LogP contribution in [0.25, 0.3) is 5.65 Å². The van der Waals surface area contributed by atoms with Crippen LogP contribution in [0.15, 0.2) is 42.9 Å². The number of imidazole rings is 1. The van der Waals surface area contributed by atoms with Crippen molar-refractivity contribution in [2.45, 2.75) is 26.4 Å². The predicted molar refractivity (Wildman–Crippen MR) is 94.4 cm³/mol. The van der Waals surface area contributed by atoms with Crippen molar-refractivity contribution in [3.63, 3.8) is 0 Å². The van der Waals surface area contributed by atoms with Gasteiger partial charge in [-0.1, -0.05) is 0 Å². The molecule has 0 N–H and O–H groups in total. The van der Waals surface area contributed by atoms with Gasteiger partial charge in [0.1, 0.15) is 11.3 Å². The Morgan fingerprint density at radius 1 is 1.19 bits per heavy atom. The van der Waals surface area contributed by atoms with E-state index in [9.17, 15) is 18.0 Å². The van der Waals surface area contributed by atoms with Crippen molar-refractivity contribution in [2.24, 2.45) is 0 Å². The molecule has 0 bridgehead atoms. The molecule has 0 aromatic carbocycles. The van der Waals surface area contributed by atoms with Gasteiger partial charge in [-0.05, 0) is 50.1 Å². The highest BCUT2D eigenvalue weighted by atomic mass is 19.4. The van der Waals surface area contributed by atoms with Crippen LogP contribution in [0.1, 0.15) is 34.2 Å². The molecule has 0 saturated heterocycles. The number of likely N-dealkylation sites (N-methyl/N-ethyl adjacent to an activating group) is 1. The Morgan fingerprint density at radius 2 is 1.89 bits per heavy atom. The largest absolute Gasteiger partial charge is 0.417 e. The van der Waals surface area contributed by atoms with Gasteiger partial charge in [-0.2, -0.15) is 13.2 Å². The molecule has 8 heteroatoms. The minimum absolute atomic E-state index is 0.160. The number of aromatic nitrogens is 3. The monoisotopic (exact) mass is 376 g/mol. The van der Waals surface area contributed by atoms with Crippen LogP contribution >= 0.6 is 0 Å². The number of nitrogens with zero attached hydrogens (tertiary/aromatic N) is 4. The van der Waals surface area contributed by atoms with E-state index < -0.39 is 11.7 Å². The molecule has 142 valence electrons. The maximum absolute atomic E-state index is 13.1. The van der Waals surface area contributed by atoms with Crippen molar-refractivity contribution >= 4 is 11.6 Å². The van der Waals surface area contributed by atoms with Gasteiger partial charge in [-0.15, -0.1) is 0 Å². The van der Waals surface area contributed by atoms with Crippen LogP contribution in [-0.2, 0) is 12.6 Å². The molecule has 0 fully saturated rings. The number of fused-ring (bicyclic) bond motifs is 1. The van der Waals surface area contributed by atoms with Crippen LogP contribution in [0, 0.1) is 6.92 Å². The molecule has 3 aromatic heterocycles. The van der Waals surface area contributed by atoms with E-state index in [4.69, 9.17) is 0 Å². The number of alkyl halides is 3. The van der Waals surface area contributed by atoms with E-state index in [0.717, 1.165) is 17.8 Å². The molecule has 0 aliphatic rings. The fraction of sp³-hybridized carbons (Fsp3) is 0.316. The van der Waals surface area contributed by atoms with Crippen LogP contribution in [-0.4, -0.2) is 38.3 Å². The number of carbonyl (C=O) groups excluding carboxylic acids is 1. The van der Waals surface area contributed by atoms with E-state index in [1.807, 2.05) is 19.1 Å². The summed E-state index contributed by atoms with van der Waals surface area (Å²) in [7, 11) is 0. The molecule has 27 heavy (non-hydrogen) atoms. The van der Waals surface area contributed by atoms with E-state index in [-0.39, 0.29) is 11.6 Å². The highest BCUT2D eigenvalue weighted by Gasteiger charge is 2.32. The lowest BCUT2D eigenvalue weighted by Crippen LogP contribution is -2.34. The molecule has 0 aliphatic carbocycles. The second-order valence-electron chi connectivity index (χ2n) is 6.18. The van der Waals surface area contributed by atoms with Crippen LogP contribution in [0.2, 0.25) is 0 Å². The number of halogens is 3. The summed E-state index contributed by atoms with van der Waals surface area (Å²) in [6.45, 7) is 4.36. The van der Waals surface area contributed by atoms with Crippen LogP contribution < -0.4 is 0 Å². The van der Waals surface area contributed by atoms with Crippen LogP contribution in [0.3, 0.4) is 0 Å². The maximum atomic E-state index is 13.1. The standard InChI is InChI=1S/C19H19F3N4O/c1-3-25(11-8-14-6-9-23-10-7-14)18(27)17-13(2)24-16-5-4-15(12-26(16)17)19(20,21)22/h4-7,9-10,12H,3,8,11H2,1-2H3. The lowest BCUT2D eigenvalue weighted by molar-refractivity contribution is -0.137. The third-order valence-electron chi connectivity index (χ3n) is 4.41. The lowest BCUT2D eigenvalue weighted by Gasteiger charge is -2.21. The highest BCUT2D eigenvalue weighted by Crippen LogP contribution is 2.30. The van der Waals surface area contributed by atoms with Crippen molar-refractivity contribution in [3.05, 3.63) is 65.4 Å². The molecule has 3 aromatic rings. The number of carbonyl (C=O) groups is 1. The molecular formula is C19H19F3N4O. The summed E-state index contributed by atoms with van der Waals surface area (Å²) in [6, 6.07) is 5.98. The number of pyridine rings is 2. The number of rotatable bonds is 5. The highest BCUT2D eigenvalue weighted by molar-refractivity contribution is 5.94. The Hall–Kier alpha value is -2.90. The minimum atomic E-state index is -4.49. The summed E-state index contributed by atoms with van der Waals surface area (Å²) in [4.78, 5) is 22.8. The van der Waals surface area contributed by atoms with E-state index in [0.29, 0.717) is 30.9 Å². The maximum Gasteiger partial charge on any atom is 0.417 e. The molecular weight excluding hydrogens is 357 g/mol. The van der Waals surface area contributed by atoms with Crippen LogP contribution in [0.5, 0.6) is 0 Å². The van der Waals surface area contributed by atoms with Crippen LogP contribution in [0.4, 0.5) is 13.2 Å². The Labute approximate surface area is 154 Å². The Kier molecular flexibility index (Phi) is 5.16. The Bertz CT molecular complexity index is 951. The molecule has 0 aliphatic heterocycles. The van der Waals surface area contributed by atoms with Gasteiger partial charge in [0.25, 0.3) is 5.91 Å². The SMILES string of the molecule is CCN(CCc1ccncc1)C(=O)c1c(C)nc2ccc(C(F)(F)F)cn12. The molecule has 0 unspecified atom stereocenters. The lowest BCUT2D eigenvalue weighted by atomic mass is 10.2. The fourth-order valence-electron chi connectivity index (χ4n) is 2.95. The summed E-state index contributed by atoms with van der Waals surface area (Å²) in [5, 5.41) is 0. The number of amides is 1. The van der Waals surface area contributed by atoms with Crippen molar-refractivity contribution < 1.29 is 18.0 Å². The van der Waals surface area contributed by atoms with Crippen molar-refractivity contribution in [2.75, 3.05) is 13.1 Å². The average molecular weight is 376 g/mol. The third kappa shape index (κ3) is 3.94. The Balaban J connectivity index is 1.92. The predicted octanol–water partition coefficient (Wildman–Crippen LogP) is 3.76. The molecule has 0 radical (unpaired) electrons. The molecule has 3 rings (SSSR count). The van der Waals surface area contributed by atoms with Gasteiger partial charge in [0.15, 0.2) is 0 Å². The zero-order chi connectivity index (χ0) is 19.6. The van der Waals surface area contributed by atoms with Gasteiger partial charge in [-0.25, -0.2) is 4.98 Å². The summed E-state index contributed by atoms with van der Waals surface area (Å²) in [6.07, 6.45) is 0.435. The van der Waals surface area contributed by atoms with Gasteiger partial charge in [0, 0.05) is 31.7 Å². The molecule has 0 saturated carbocycles. The topological polar surface area (TPSA) is 50.5 Å². The van der Waals surface area contributed by atoms with E-state index in [1.165, 1.54) is 10.5 Å². The molecule has 3 heterocycles. The number of aryl methyl sites for hydroxylation is 1. The average Bonchev–Trinajstić information content (AvgIpc) is 2.97. The van der Waals surface area contributed by atoms with Crippen molar-refractivity contribution in [1.29, 1.82) is 0 Å². The Morgan fingerprint density at radius 3 is 2.52 bits per heavy atom. The van der Waals surface area contributed by atoms with E-state index in [1.54, 1.807) is 24.2 Å². The third-order valence-corrected chi connectivity index (χ3v) is 4.41. The van der Waals surface area contributed by atoms with Gasteiger partial charge in [0.05, 0.1) is 11.3 Å². The molecule has 5 nitrogen and oxygen atoms in total. The first-order chi connectivity index (χ1) is 12.8. The molecule has 1 amide bonds. The zero-order valence-corrected chi connectivity index (χ0v) is 15.0. The van der Waals surface area contributed by atoms with Gasteiger partial charge in [-0.3, -0.25) is 14.2 Å². The van der Waals surface area contributed by atoms with Gasteiger partial charge in [0.2, 0.25) is 0 Å². The minimum Gasteiger partial charge on any atom is -0.337 e.